The van der Waals surface area contributed by atoms with Crippen molar-refractivity contribution in [3.8, 4) is 0 Å². The molecule has 0 atom stereocenters. The van der Waals surface area contributed by atoms with E-state index in [1.165, 1.54) is 0 Å². The van der Waals surface area contributed by atoms with Crippen LogP contribution in [0, 0.1) is 5.92 Å². The first kappa shape index (κ1) is 8.27. The molecule has 54 valence electrons. The van der Waals surface area contributed by atoms with Gasteiger partial charge in [0, 0.05) is 13.0 Å². The van der Waals surface area contributed by atoms with E-state index in [1.54, 1.807) is 14.2 Å². The normalized spacial score (nSPS) is 11.9. The number of hydrogen-bond donors (Lipinski definition) is 1. The van der Waals surface area contributed by atoms with Crippen LogP contribution in [0.4, 0.5) is 0 Å². The van der Waals surface area contributed by atoms with Crippen LogP contribution in [0.5, 0.6) is 0 Å². The van der Waals surface area contributed by atoms with Crippen molar-refractivity contribution < 1.29 is 4.74 Å². The molecule has 0 heterocycles. The van der Waals surface area contributed by atoms with Crippen LogP contribution in [0.2, 0.25) is 0 Å². The molecule has 3 nitrogen and oxygen atoms in total. The first-order valence-corrected chi connectivity index (χ1v) is 3.00. The Kier molecular flexibility index (Phi) is 3.84. The SMILES string of the molecule is CN/N=C(\OC)C(C)C. The molecule has 3 heteroatoms. The summed E-state index contributed by atoms with van der Waals surface area (Å²) in [4.78, 5) is 0. The van der Waals surface area contributed by atoms with Crippen molar-refractivity contribution in [3.05, 3.63) is 0 Å². The average Bonchev–Trinajstić information content (AvgIpc) is 1.82. The van der Waals surface area contributed by atoms with Crippen LogP contribution in [-0.4, -0.2) is 20.1 Å². The van der Waals surface area contributed by atoms with Gasteiger partial charge in [0.2, 0.25) is 5.90 Å². The van der Waals surface area contributed by atoms with E-state index in [-0.39, 0.29) is 0 Å². The molecule has 0 aromatic carbocycles. The highest BCUT2D eigenvalue weighted by molar-refractivity contribution is 5.77. The number of rotatable bonds is 2. The molecular weight excluding hydrogens is 116 g/mol. The van der Waals surface area contributed by atoms with Crippen molar-refractivity contribution >= 4 is 5.90 Å². The summed E-state index contributed by atoms with van der Waals surface area (Å²) in [6.45, 7) is 4.05. The smallest absolute Gasteiger partial charge is 0.208 e. The molecule has 0 amide bonds. The predicted octanol–water partition coefficient (Wildman–Crippen LogP) is 0.822. The molecule has 9 heavy (non-hydrogen) atoms. The highest BCUT2D eigenvalue weighted by atomic mass is 16.5. The monoisotopic (exact) mass is 130 g/mol. The van der Waals surface area contributed by atoms with Crippen LogP contribution in [0.1, 0.15) is 13.8 Å². The Morgan fingerprint density at radius 1 is 1.56 bits per heavy atom. The molecule has 1 N–H and O–H groups in total. The van der Waals surface area contributed by atoms with Gasteiger partial charge in [-0.1, -0.05) is 13.8 Å². The van der Waals surface area contributed by atoms with E-state index >= 15 is 0 Å². The Labute approximate surface area is 56.1 Å². The zero-order chi connectivity index (χ0) is 7.28. The molecule has 0 aliphatic carbocycles. The van der Waals surface area contributed by atoms with E-state index in [4.69, 9.17) is 4.74 Å². The quantitative estimate of drug-likeness (QED) is 0.341. The third kappa shape index (κ3) is 2.95. The summed E-state index contributed by atoms with van der Waals surface area (Å²) in [5.74, 6) is 1.08. The fourth-order valence-corrected chi connectivity index (χ4v) is 0.521. The predicted molar refractivity (Wildman–Crippen MR) is 38.3 cm³/mol. The zero-order valence-corrected chi connectivity index (χ0v) is 6.43. The first-order chi connectivity index (χ1) is 4.22. The highest BCUT2D eigenvalue weighted by Gasteiger charge is 2.02. The van der Waals surface area contributed by atoms with Crippen molar-refractivity contribution in [2.24, 2.45) is 11.0 Å². The lowest BCUT2D eigenvalue weighted by molar-refractivity contribution is 0.370. The van der Waals surface area contributed by atoms with Gasteiger partial charge in [-0.2, -0.15) is 0 Å². The minimum absolute atomic E-state index is 0.349. The molecule has 0 rings (SSSR count). The third-order valence-corrected chi connectivity index (χ3v) is 0.925. The van der Waals surface area contributed by atoms with Gasteiger partial charge in [0.15, 0.2) is 0 Å². The maximum Gasteiger partial charge on any atom is 0.208 e. The summed E-state index contributed by atoms with van der Waals surface area (Å²) in [6, 6.07) is 0. The Morgan fingerprint density at radius 3 is 2.22 bits per heavy atom. The van der Waals surface area contributed by atoms with Gasteiger partial charge in [-0.25, -0.2) is 0 Å². The van der Waals surface area contributed by atoms with E-state index < -0.39 is 0 Å². The molecule has 0 spiro atoms. The van der Waals surface area contributed by atoms with Crippen LogP contribution < -0.4 is 5.43 Å². The number of methoxy groups -OCH3 is 1. The van der Waals surface area contributed by atoms with Gasteiger partial charge in [0.05, 0.1) is 7.11 Å². The highest BCUT2D eigenvalue weighted by Crippen LogP contribution is 1.95. The van der Waals surface area contributed by atoms with Crippen LogP contribution in [0.3, 0.4) is 0 Å². The summed E-state index contributed by atoms with van der Waals surface area (Å²) in [6.07, 6.45) is 0. The number of nitrogens with zero attached hydrogens (tertiary/aromatic N) is 1. The fraction of sp³-hybridized carbons (Fsp3) is 0.833. The van der Waals surface area contributed by atoms with Crippen molar-refractivity contribution in [2.45, 2.75) is 13.8 Å². The molecule has 0 aliphatic rings. The van der Waals surface area contributed by atoms with Crippen molar-refractivity contribution in [1.29, 1.82) is 0 Å². The summed E-state index contributed by atoms with van der Waals surface area (Å²) < 4.78 is 4.94. The number of ether oxygens (including phenoxy) is 1. The van der Waals surface area contributed by atoms with Crippen molar-refractivity contribution in [3.63, 3.8) is 0 Å². The number of nitrogens with one attached hydrogen (secondary N) is 1. The second kappa shape index (κ2) is 4.18. The molecule has 0 saturated carbocycles. The van der Waals surface area contributed by atoms with Gasteiger partial charge in [0.1, 0.15) is 0 Å². The zero-order valence-electron chi connectivity index (χ0n) is 6.43. The van der Waals surface area contributed by atoms with Gasteiger partial charge in [0.25, 0.3) is 0 Å². The molecule has 0 aromatic rings. The van der Waals surface area contributed by atoms with E-state index in [9.17, 15) is 0 Å². The van der Waals surface area contributed by atoms with E-state index in [0.717, 1.165) is 5.90 Å². The maximum atomic E-state index is 4.94. The lowest BCUT2D eigenvalue weighted by Crippen LogP contribution is -2.13. The van der Waals surface area contributed by atoms with Gasteiger partial charge in [-0.15, -0.1) is 5.10 Å². The molecule has 0 radical (unpaired) electrons. The van der Waals surface area contributed by atoms with Crippen LogP contribution in [0.25, 0.3) is 0 Å². The largest absolute Gasteiger partial charge is 0.483 e. The molecule has 0 fully saturated rings. The Bertz CT molecular complexity index is 99.2. The molecule has 0 aromatic heterocycles. The third-order valence-electron chi connectivity index (χ3n) is 0.925. The molecule has 0 unspecified atom stereocenters. The molecular formula is C6H14N2O. The second-order valence-electron chi connectivity index (χ2n) is 2.03. The van der Waals surface area contributed by atoms with E-state index in [1.807, 2.05) is 13.8 Å². The molecule has 0 saturated heterocycles. The summed E-state index contributed by atoms with van der Waals surface area (Å²) in [5, 5.41) is 3.89. The van der Waals surface area contributed by atoms with Crippen LogP contribution >= 0.6 is 0 Å². The first-order valence-electron chi connectivity index (χ1n) is 3.00. The van der Waals surface area contributed by atoms with E-state index in [2.05, 4.69) is 10.5 Å². The Morgan fingerprint density at radius 2 is 2.11 bits per heavy atom. The van der Waals surface area contributed by atoms with Gasteiger partial charge < -0.3 is 10.2 Å². The van der Waals surface area contributed by atoms with Crippen molar-refractivity contribution in [1.82, 2.24) is 5.43 Å². The standard InChI is InChI=1S/C6H14N2O/c1-5(2)6(9-4)8-7-3/h5,7H,1-4H3/b8-6-. The van der Waals surface area contributed by atoms with Gasteiger partial charge >= 0.3 is 0 Å². The minimum atomic E-state index is 0.349. The summed E-state index contributed by atoms with van der Waals surface area (Å²) in [7, 11) is 3.37. The lowest BCUT2D eigenvalue weighted by atomic mass is 10.2. The number of hydrazone groups is 1. The lowest BCUT2D eigenvalue weighted by Gasteiger charge is -2.06. The molecule has 0 aliphatic heterocycles. The summed E-state index contributed by atoms with van der Waals surface area (Å²) in [5.41, 5.74) is 2.66. The maximum absolute atomic E-state index is 4.94. The Hall–Kier alpha value is -0.730. The van der Waals surface area contributed by atoms with Crippen LogP contribution in [0.15, 0.2) is 5.10 Å². The summed E-state index contributed by atoms with van der Waals surface area (Å²) >= 11 is 0. The second-order valence-corrected chi connectivity index (χ2v) is 2.03. The van der Waals surface area contributed by atoms with Crippen LogP contribution in [-0.2, 0) is 4.74 Å². The van der Waals surface area contributed by atoms with Gasteiger partial charge in [-0.05, 0) is 0 Å². The molecule has 0 bridgehead atoms. The average molecular weight is 130 g/mol. The topological polar surface area (TPSA) is 33.6 Å². The van der Waals surface area contributed by atoms with E-state index in [0.29, 0.717) is 5.92 Å². The Balaban J connectivity index is 3.81. The fourth-order valence-electron chi connectivity index (χ4n) is 0.521. The number of hydrogen-bond acceptors (Lipinski definition) is 3. The minimum Gasteiger partial charge on any atom is -0.483 e. The van der Waals surface area contributed by atoms with Gasteiger partial charge in [-0.3, -0.25) is 0 Å². The van der Waals surface area contributed by atoms with Crippen molar-refractivity contribution in [2.75, 3.05) is 14.2 Å².